The van der Waals surface area contributed by atoms with E-state index >= 15 is 0 Å². The maximum absolute atomic E-state index is 14.0. The molecule has 2 saturated carbocycles. The van der Waals surface area contributed by atoms with Crippen molar-refractivity contribution in [2.75, 3.05) is 13.6 Å². The molecule has 4 aliphatic rings. The Morgan fingerprint density at radius 1 is 1.04 bits per heavy atom. The molecule has 2 aliphatic heterocycles. The minimum atomic E-state index is -1.31. The average molecular weight is 357 g/mol. The van der Waals surface area contributed by atoms with Gasteiger partial charge in [0.2, 0.25) is 0 Å². The van der Waals surface area contributed by atoms with Crippen molar-refractivity contribution in [2.45, 2.75) is 100 Å². The topological polar surface area (TPSA) is 45.0 Å². The lowest BCUT2D eigenvalue weighted by Crippen LogP contribution is -2.55. The number of likely N-dealkylation sites (N-methyl/N-ethyl adjacent to an activating group) is 1. The molecule has 2 heterocycles. The Kier molecular flexibility index (Phi) is 5.33. The Labute approximate surface area is 150 Å². The second-order valence-corrected chi connectivity index (χ2v) is 8.76. The molecule has 8 atom stereocenters. The van der Waals surface area contributed by atoms with Crippen LogP contribution in [0.15, 0.2) is 0 Å². The van der Waals surface area contributed by atoms with Crippen LogP contribution in [0.3, 0.4) is 0 Å². The van der Waals surface area contributed by atoms with Crippen LogP contribution in [0.2, 0.25) is 0 Å². The quantitative estimate of drug-likeness (QED) is 0.789. The fraction of sp³-hybridized carbons (Fsp3) is 1.00. The Hall–Kier alpha value is -0.300. The minimum Gasteiger partial charge on any atom is -0.368 e. The van der Waals surface area contributed by atoms with E-state index in [0.717, 1.165) is 38.6 Å². The van der Waals surface area contributed by atoms with Crippen LogP contribution in [0.4, 0.5) is 8.78 Å². The Morgan fingerprint density at radius 3 is 2.64 bits per heavy atom. The number of ether oxygens (including phenoxy) is 1. The van der Waals surface area contributed by atoms with Crippen molar-refractivity contribution in [3.8, 4) is 0 Å². The van der Waals surface area contributed by atoms with Gasteiger partial charge in [-0.3, -0.25) is 0 Å². The summed E-state index contributed by atoms with van der Waals surface area (Å²) in [5.41, 5.74) is 6.18. The average Bonchev–Trinajstić information content (AvgIpc) is 3.35. The van der Waals surface area contributed by atoms with Gasteiger partial charge in [0.05, 0.1) is 12.1 Å². The van der Waals surface area contributed by atoms with E-state index in [1.165, 1.54) is 12.8 Å². The van der Waals surface area contributed by atoms with Crippen LogP contribution in [-0.4, -0.2) is 66.3 Å². The highest BCUT2D eigenvalue weighted by Gasteiger charge is 2.51. The number of nitrogens with two attached hydrogens (primary N) is 1. The number of halogens is 2. The normalized spacial score (nSPS) is 49.4. The summed E-state index contributed by atoms with van der Waals surface area (Å²) in [6.07, 6.45) is 6.37. The summed E-state index contributed by atoms with van der Waals surface area (Å²) in [6, 6.07) is 0.818. The van der Waals surface area contributed by atoms with Crippen LogP contribution in [0.5, 0.6) is 0 Å². The maximum Gasteiger partial charge on any atom is 0.133 e. The van der Waals surface area contributed by atoms with Gasteiger partial charge in [-0.25, -0.2) is 18.8 Å². The molecular weight excluding hydrogens is 324 g/mol. The zero-order valence-electron chi connectivity index (χ0n) is 15.3. The molecule has 8 unspecified atom stereocenters. The number of hydrogen-bond acceptors (Lipinski definition) is 4. The number of epoxide rings is 1. The summed E-state index contributed by atoms with van der Waals surface area (Å²) in [5.74, 6) is 0.663. The fourth-order valence-corrected chi connectivity index (χ4v) is 5.49. The van der Waals surface area contributed by atoms with Crippen LogP contribution >= 0.6 is 0 Å². The number of fused-ring (bicyclic) bond motifs is 1. The van der Waals surface area contributed by atoms with E-state index in [4.69, 9.17) is 10.5 Å². The van der Waals surface area contributed by atoms with Crippen molar-refractivity contribution in [3.05, 3.63) is 0 Å². The molecule has 2 saturated heterocycles. The summed E-state index contributed by atoms with van der Waals surface area (Å²) in [7, 11) is 2.13. The van der Waals surface area contributed by atoms with E-state index in [9.17, 15) is 8.78 Å². The van der Waals surface area contributed by atoms with Gasteiger partial charge in [0, 0.05) is 25.7 Å². The molecule has 4 fully saturated rings. The van der Waals surface area contributed by atoms with Gasteiger partial charge in [-0.1, -0.05) is 12.8 Å². The first-order valence-electron chi connectivity index (χ1n) is 10.2. The third-order valence-electron chi connectivity index (χ3n) is 7.01. The monoisotopic (exact) mass is 357 g/mol. The lowest BCUT2D eigenvalue weighted by Gasteiger charge is -2.44. The highest BCUT2D eigenvalue weighted by Crippen LogP contribution is 2.41. The summed E-state index contributed by atoms with van der Waals surface area (Å²) in [5, 5.41) is 4.66. The molecular formula is C19H33F2N3O. The minimum absolute atomic E-state index is 0.126. The number of rotatable bonds is 3. The molecule has 2 N–H and O–H groups in total. The fourth-order valence-electron chi connectivity index (χ4n) is 5.49. The molecule has 4 nitrogen and oxygen atoms in total. The SMILES string of the molecule is CN1C(CC2CCCC(N)C2)C2OC2CCN1C1CCC(F)C(F)C1. The first-order valence-corrected chi connectivity index (χ1v) is 10.2. The molecule has 144 valence electrons. The molecule has 2 aliphatic carbocycles. The third kappa shape index (κ3) is 3.87. The van der Waals surface area contributed by atoms with Crippen LogP contribution in [0.1, 0.15) is 57.8 Å². The lowest BCUT2D eigenvalue weighted by atomic mass is 9.81. The van der Waals surface area contributed by atoms with Crippen LogP contribution in [0.25, 0.3) is 0 Å². The van der Waals surface area contributed by atoms with Crippen LogP contribution in [-0.2, 0) is 4.74 Å². The van der Waals surface area contributed by atoms with Gasteiger partial charge in [-0.05, 0) is 50.9 Å². The van der Waals surface area contributed by atoms with E-state index < -0.39 is 12.3 Å². The van der Waals surface area contributed by atoms with E-state index in [1.807, 2.05) is 0 Å². The molecule has 0 aromatic carbocycles. The lowest BCUT2D eigenvalue weighted by molar-refractivity contribution is -0.104. The second-order valence-electron chi connectivity index (χ2n) is 8.76. The third-order valence-corrected chi connectivity index (χ3v) is 7.01. The molecule has 4 rings (SSSR count). The Bertz CT molecular complexity index is 468. The molecule has 0 spiro atoms. The van der Waals surface area contributed by atoms with Gasteiger partial charge in [0.25, 0.3) is 0 Å². The van der Waals surface area contributed by atoms with Crippen molar-refractivity contribution in [1.82, 2.24) is 10.0 Å². The molecule has 0 aromatic heterocycles. The highest BCUT2D eigenvalue weighted by atomic mass is 19.2. The second kappa shape index (κ2) is 7.37. The van der Waals surface area contributed by atoms with E-state index in [1.54, 1.807) is 0 Å². The number of nitrogens with zero attached hydrogens (tertiary/aromatic N) is 2. The van der Waals surface area contributed by atoms with Gasteiger partial charge >= 0.3 is 0 Å². The predicted molar refractivity (Wildman–Crippen MR) is 93.5 cm³/mol. The van der Waals surface area contributed by atoms with Gasteiger partial charge in [-0.2, -0.15) is 0 Å². The number of hydrazine groups is 1. The predicted octanol–water partition coefficient (Wildman–Crippen LogP) is 2.81. The Morgan fingerprint density at radius 2 is 1.88 bits per heavy atom. The summed E-state index contributed by atoms with van der Waals surface area (Å²) in [4.78, 5) is 0. The van der Waals surface area contributed by atoms with Gasteiger partial charge in [0.1, 0.15) is 18.4 Å². The molecule has 0 amide bonds. The van der Waals surface area contributed by atoms with E-state index in [0.29, 0.717) is 43.1 Å². The van der Waals surface area contributed by atoms with Crippen molar-refractivity contribution in [2.24, 2.45) is 11.7 Å². The molecule has 0 bridgehead atoms. The smallest absolute Gasteiger partial charge is 0.133 e. The van der Waals surface area contributed by atoms with Gasteiger partial charge in [0.15, 0.2) is 0 Å². The number of alkyl halides is 2. The van der Waals surface area contributed by atoms with E-state index in [2.05, 4.69) is 17.1 Å². The first-order chi connectivity index (χ1) is 12.0. The molecule has 6 heteroatoms. The van der Waals surface area contributed by atoms with Crippen molar-refractivity contribution in [3.63, 3.8) is 0 Å². The summed E-state index contributed by atoms with van der Waals surface area (Å²) < 4.78 is 33.4. The first kappa shape index (κ1) is 18.1. The van der Waals surface area contributed by atoms with Gasteiger partial charge < -0.3 is 10.5 Å². The summed E-state index contributed by atoms with van der Waals surface area (Å²) >= 11 is 0. The molecule has 0 radical (unpaired) electrons. The van der Waals surface area contributed by atoms with Crippen molar-refractivity contribution >= 4 is 0 Å². The summed E-state index contributed by atoms with van der Waals surface area (Å²) in [6.45, 7) is 0.896. The standard InChI is InChI=1S/C19H33F2N3O/c1-23-17(10-12-3-2-4-13(22)9-12)19-18(25-19)7-8-24(23)14-5-6-15(20)16(21)11-14/h12-19H,2-11,22H2,1H3. The van der Waals surface area contributed by atoms with Crippen LogP contribution < -0.4 is 5.73 Å². The van der Waals surface area contributed by atoms with Crippen LogP contribution in [0, 0.1) is 5.92 Å². The maximum atomic E-state index is 14.0. The highest BCUT2D eigenvalue weighted by molar-refractivity contribution is 5.00. The Balaban J connectivity index is 1.43. The zero-order valence-corrected chi connectivity index (χ0v) is 15.3. The zero-order chi connectivity index (χ0) is 17.6. The molecule has 0 aromatic rings. The number of hydrogen-bond donors (Lipinski definition) is 1. The van der Waals surface area contributed by atoms with Gasteiger partial charge in [-0.15, -0.1) is 0 Å². The van der Waals surface area contributed by atoms with Crippen molar-refractivity contribution in [1.29, 1.82) is 0 Å². The van der Waals surface area contributed by atoms with E-state index in [-0.39, 0.29) is 6.04 Å². The molecule has 25 heavy (non-hydrogen) atoms. The largest absolute Gasteiger partial charge is 0.368 e. The van der Waals surface area contributed by atoms with Crippen molar-refractivity contribution < 1.29 is 13.5 Å².